The van der Waals surface area contributed by atoms with Crippen molar-refractivity contribution in [3.05, 3.63) is 40.8 Å². The van der Waals surface area contributed by atoms with Gasteiger partial charge in [0.05, 0.1) is 23.6 Å². The number of thiocarbonyl (C=S) groups is 1. The maximum atomic E-state index is 12.8. The lowest BCUT2D eigenvalue weighted by Crippen LogP contribution is -2.37. The third-order valence-corrected chi connectivity index (χ3v) is 6.00. The van der Waals surface area contributed by atoms with Crippen molar-refractivity contribution in [1.29, 1.82) is 0 Å². The predicted octanol–water partition coefficient (Wildman–Crippen LogP) is 3.68. The summed E-state index contributed by atoms with van der Waals surface area (Å²) >= 11 is 6.77. The Balaban J connectivity index is 1.80. The number of amides is 1. The van der Waals surface area contributed by atoms with Crippen LogP contribution in [-0.2, 0) is 9.53 Å². The highest BCUT2D eigenvalue weighted by Gasteiger charge is 2.34. The average molecular weight is 400 g/mol. The van der Waals surface area contributed by atoms with Crippen LogP contribution in [-0.4, -0.2) is 52.5 Å². The minimum Gasteiger partial charge on any atom is -0.378 e. The van der Waals surface area contributed by atoms with Crippen molar-refractivity contribution in [2.45, 2.75) is 19.9 Å². The molecule has 1 aromatic heterocycles. The van der Waals surface area contributed by atoms with Gasteiger partial charge in [-0.2, -0.15) is 0 Å². The number of morpholine rings is 1. The van der Waals surface area contributed by atoms with E-state index in [1.165, 1.54) is 11.8 Å². The molecule has 0 atom stereocenters. The number of hydrogen-bond donors (Lipinski definition) is 0. The number of carbonyl (C=O) groups excluding carboxylic acids is 1. The predicted molar refractivity (Wildman–Crippen MR) is 115 cm³/mol. The number of nitrogens with zero attached hydrogens (tertiary/aromatic N) is 3. The number of carbonyl (C=O) groups is 1. The van der Waals surface area contributed by atoms with Crippen LogP contribution in [0.25, 0.3) is 17.0 Å². The molecular weight excluding hydrogens is 378 g/mol. The summed E-state index contributed by atoms with van der Waals surface area (Å²) in [6.45, 7) is 6.90. The molecule has 1 aromatic carbocycles. The normalized spacial score (nSPS) is 19.7. The highest BCUT2D eigenvalue weighted by atomic mass is 32.2. The fourth-order valence-electron chi connectivity index (χ4n) is 3.32. The number of ether oxygens (including phenoxy) is 1. The van der Waals surface area contributed by atoms with E-state index in [0.717, 1.165) is 35.4 Å². The van der Waals surface area contributed by atoms with E-state index in [4.69, 9.17) is 21.9 Å². The van der Waals surface area contributed by atoms with Crippen LogP contribution in [0.15, 0.2) is 35.2 Å². The summed E-state index contributed by atoms with van der Waals surface area (Å²) in [6.07, 6.45) is 1.94. The molecule has 2 saturated heterocycles. The van der Waals surface area contributed by atoms with Crippen LogP contribution >= 0.6 is 24.0 Å². The number of para-hydroxylation sites is 1. The van der Waals surface area contributed by atoms with Gasteiger partial charge in [0.25, 0.3) is 5.91 Å². The molecule has 0 saturated carbocycles. The van der Waals surface area contributed by atoms with Gasteiger partial charge in [0.2, 0.25) is 0 Å². The smallest absolute Gasteiger partial charge is 0.266 e. The van der Waals surface area contributed by atoms with Gasteiger partial charge in [0, 0.05) is 30.1 Å². The zero-order chi connectivity index (χ0) is 19.0. The van der Waals surface area contributed by atoms with Crippen LogP contribution < -0.4 is 4.90 Å². The summed E-state index contributed by atoms with van der Waals surface area (Å²) < 4.78 is 6.10. The Morgan fingerprint density at radius 2 is 2.00 bits per heavy atom. The average Bonchev–Trinajstić information content (AvgIpc) is 2.95. The number of aromatic nitrogens is 1. The zero-order valence-corrected chi connectivity index (χ0v) is 17.0. The molecule has 2 aliphatic rings. The van der Waals surface area contributed by atoms with Crippen molar-refractivity contribution >= 4 is 57.0 Å². The lowest BCUT2D eigenvalue weighted by Gasteiger charge is -2.29. The summed E-state index contributed by atoms with van der Waals surface area (Å²) in [7, 11) is 0. The van der Waals surface area contributed by atoms with Crippen molar-refractivity contribution in [2.24, 2.45) is 0 Å². The van der Waals surface area contributed by atoms with Gasteiger partial charge in [0.15, 0.2) is 0 Å². The molecule has 0 aliphatic carbocycles. The molecule has 0 spiro atoms. The summed E-state index contributed by atoms with van der Waals surface area (Å²) in [5.41, 5.74) is 1.89. The quantitative estimate of drug-likeness (QED) is 0.580. The standard InChI is InChI=1S/C20H21N3O2S2/c1-13(2)23-19(24)17(27-20(23)26)12-15-11-14-5-3-4-6-16(14)21-18(15)22-7-9-25-10-8-22/h3-6,11-13H,7-10H2,1-2H3/b17-12-. The first-order valence-electron chi connectivity index (χ1n) is 9.04. The van der Waals surface area contributed by atoms with Gasteiger partial charge >= 0.3 is 0 Å². The molecule has 0 unspecified atom stereocenters. The van der Waals surface area contributed by atoms with Crippen LogP contribution in [0.5, 0.6) is 0 Å². The maximum absolute atomic E-state index is 12.8. The summed E-state index contributed by atoms with van der Waals surface area (Å²) in [4.78, 5) is 22.3. The van der Waals surface area contributed by atoms with Gasteiger partial charge in [-0.25, -0.2) is 4.98 Å². The van der Waals surface area contributed by atoms with Gasteiger partial charge in [0.1, 0.15) is 10.1 Å². The lowest BCUT2D eigenvalue weighted by atomic mass is 10.1. The van der Waals surface area contributed by atoms with E-state index >= 15 is 0 Å². The monoisotopic (exact) mass is 399 g/mol. The number of fused-ring (bicyclic) bond motifs is 1. The number of rotatable bonds is 3. The molecule has 3 heterocycles. The Kier molecular flexibility index (Phi) is 5.16. The second kappa shape index (κ2) is 7.58. The molecule has 0 radical (unpaired) electrons. The number of hydrogen-bond acceptors (Lipinski definition) is 6. The topological polar surface area (TPSA) is 45.7 Å². The first-order valence-corrected chi connectivity index (χ1v) is 10.3. The minimum absolute atomic E-state index is 0.0268. The third kappa shape index (κ3) is 3.59. The molecule has 0 bridgehead atoms. The van der Waals surface area contributed by atoms with Gasteiger partial charge in [-0.15, -0.1) is 0 Å². The van der Waals surface area contributed by atoms with Gasteiger partial charge in [-0.3, -0.25) is 9.69 Å². The molecule has 27 heavy (non-hydrogen) atoms. The van der Waals surface area contributed by atoms with Crippen LogP contribution in [0.3, 0.4) is 0 Å². The number of anilines is 1. The van der Waals surface area contributed by atoms with E-state index < -0.39 is 0 Å². The second-order valence-corrected chi connectivity index (χ2v) is 8.51. The summed E-state index contributed by atoms with van der Waals surface area (Å²) in [6, 6.07) is 10.2. The van der Waals surface area contributed by atoms with E-state index in [1.54, 1.807) is 4.90 Å². The van der Waals surface area contributed by atoms with Gasteiger partial charge in [-0.05, 0) is 32.1 Å². The molecule has 2 fully saturated rings. The Hall–Kier alpha value is -1.96. The zero-order valence-electron chi connectivity index (χ0n) is 15.3. The van der Waals surface area contributed by atoms with Crippen LogP contribution in [0.4, 0.5) is 5.82 Å². The molecule has 0 N–H and O–H groups in total. The van der Waals surface area contributed by atoms with Crippen molar-refractivity contribution < 1.29 is 9.53 Å². The molecule has 140 valence electrons. The number of pyridine rings is 1. The molecule has 2 aliphatic heterocycles. The minimum atomic E-state index is -0.0268. The first-order chi connectivity index (χ1) is 13.0. The van der Waals surface area contributed by atoms with Gasteiger partial charge in [-0.1, -0.05) is 42.2 Å². The molecular formula is C20H21N3O2S2. The Labute approximate surface area is 168 Å². The molecule has 4 rings (SSSR count). The summed E-state index contributed by atoms with van der Waals surface area (Å²) in [5.74, 6) is 0.868. The molecule has 1 amide bonds. The third-order valence-electron chi connectivity index (χ3n) is 4.67. The first kappa shape index (κ1) is 18.4. The van der Waals surface area contributed by atoms with E-state index in [9.17, 15) is 4.79 Å². The van der Waals surface area contributed by atoms with Crippen molar-refractivity contribution in [3.8, 4) is 0 Å². The van der Waals surface area contributed by atoms with E-state index in [2.05, 4.69) is 11.0 Å². The van der Waals surface area contributed by atoms with E-state index in [1.807, 2.05) is 44.2 Å². The lowest BCUT2D eigenvalue weighted by molar-refractivity contribution is -0.123. The number of benzene rings is 1. The molecule has 5 nitrogen and oxygen atoms in total. The fraction of sp³-hybridized carbons (Fsp3) is 0.350. The largest absolute Gasteiger partial charge is 0.378 e. The maximum Gasteiger partial charge on any atom is 0.266 e. The number of thioether (sulfide) groups is 1. The van der Waals surface area contributed by atoms with Crippen molar-refractivity contribution in [2.75, 3.05) is 31.2 Å². The van der Waals surface area contributed by atoms with Gasteiger partial charge < -0.3 is 9.64 Å². The summed E-state index contributed by atoms with van der Waals surface area (Å²) in [5, 5.41) is 1.06. The van der Waals surface area contributed by atoms with E-state index in [0.29, 0.717) is 22.4 Å². The fourth-order valence-corrected chi connectivity index (χ4v) is 4.84. The van der Waals surface area contributed by atoms with Crippen LogP contribution in [0.1, 0.15) is 19.4 Å². The Morgan fingerprint density at radius 3 is 2.70 bits per heavy atom. The van der Waals surface area contributed by atoms with Crippen molar-refractivity contribution in [3.63, 3.8) is 0 Å². The highest BCUT2D eigenvalue weighted by Crippen LogP contribution is 2.36. The Bertz CT molecular complexity index is 936. The van der Waals surface area contributed by atoms with E-state index in [-0.39, 0.29) is 11.9 Å². The van der Waals surface area contributed by atoms with Crippen LogP contribution in [0.2, 0.25) is 0 Å². The Morgan fingerprint density at radius 1 is 1.26 bits per heavy atom. The molecule has 2 aromatic rings. The van der Waals surface area contributed by atoms with Crippen LogP contribution in [0, 0.1) is 0 Å². The molecule has 7 heteroatoms. The highest BCUT2D eigenvalue weighted by molar-refractivity contribution is 8.26. The SMILES string of the molecule is CC(C)N1C(=O)/C(=C/c2cc3ccccc3nc2N2CCOCC2)SC1=S. The second-order valence-electron chi connectivity index (χ2n) is 6.84. The van der Waals surface area contributed by atoms with Crippen molar-refractivity contribution in [1.82, 2.24) is 9.88 Å².